The Labute approximate surface area is 51.9 Å². The number of nitrogens with zero attached hydrogens (tertiary/aromatic N) is 1. The molecule has 0 atom stereocenters. The summed E-state index contributed by atoms with van der Waals surface area (Å²) in [6, 6.07) is 0. The highest BCUT2D eigenvalue weighted by Crippen LogP contribution is 2.24. The van der Waals surface area contributed by atoms with Gasteiger partial charge in [0.15, 0.2) is 0 Å². The monoisotopic (exact) mass is 151 g/mol. The number of rotatable bonds is 3. The number of hydrogen-bond acceptors (Lipinski definition) is 2. The van der Waals surface area contributed by atoms with E-state index in [9.17, 15) is 0 Å². The molecule has 0 fully saturated rings. The van der Waals surface area contributed by atoms with Gasteiger partial charge < -0.3 is 0 Å². The lowest BCUT2D eigenvalue weighted by Crippen LogP contribution is -1.76. The molecular weight excluding hydrogens is 144 g/mol. The van der Waals surface area contributed by atoms with Crippen LogP contribution in [0.15, 0.2) is 0 Å². The molecule has 0 aromatic carbocycles. The molecule has 7 heavy (non-hydrogen) atoms. The smallest absolute Gasteiger partial charge is 0.00221 e. The van der Waals surface area contributed by atoms with Crippen LogP contribution in [0.3, 0.4) is 0 Å². The molecule has 0 aliphatic rings. The second kappa shape index (κ2) is 4.80. The summed E-state index contributed by atoms with van der Waals surface area (Å²) >= 11 is 1.65. The molecule has 1 nitrogen and oxygen atoms in total. The second-order valence-corrected chi connectivity index (χ2v) is 3.67. The molecule has 0 rings (SSSR count). The molecule has 0 saturated heterocycles. The van der Waals surface area contributed by atoms with E-state index in [0.29, 0.717) is 0 Å². The van der Waals surface area contributed by atoms with Crippen molar-refractivity contribution >= 4 is 41.3 Å². The van der Waals surface area contributed by atoms with Crippen LogP contribution in [-0.2, 0) is 0 Å². The fourth-order valence-electron chi connectivity index (χ4n) is 0.160. The Morgan fingerprint density at radius 3 is 1.86 bits per heavy atom. The summed E-state index contributed by atoms with van der Waals surface area (Å²) in [5, 5.41) is 0. The van der Waals surface area contributed by atoms with E-state index in [-0.39, 0.29) is 0 Å². The normalized spacial score (nSPS) is 11.1. The third kappa shape index (κ3) is 3.25. The maximum atomic E-state index is 3.66. The van der Waals surface area contributed by atoms with Gasteiger partial charge in [0, 0.05) is 0 Å². The van der Waals surface area contributed by atoms with Crippen molar-refractivity contribution in [1.82, 2.24) is 3.85 Å². The molecule has 0 radical (unpaired) electrons. The summed E-state index contributed by atoms with van der Waals surface area (Å²) in [6.07, 6.45) is 9.33. The molecule has 0 heterocycles. The SMILES string of the molecule is C=PN(P=C)SC. The average molecular weight is 151 g/mol. The first-order valence-electron chi connectivity index (χ1n) is 1.62. The largest absolute Gasteiger partial charge is 0.153 e. The molecular formula is C3H7NP2S. The molecule has 0 bridgehead atoms. The van der Waals surface area contributed by atoms with Crippen LogP contribution >= 0.6 is 28.7 Å². The van der Waals surface area contributed by atoms with E-state index < -0.39 is 0 Å². The molecule has 4 heteroatoms. The predicted molar refractivity (Wildman–Crippen MR) is 43.4 cm³/mol. The van der Waals surface area contributed by atoms with Crippen molar-refractivity contribution in [2.75, 3.05) is 6.26 Å². The van der Waals surface area contributed by atoms with Gasteiger partial charge in [-0.3, -0.25) is 0 Å². The minimum atomic E-state index is 1.03. The summed E-state index contributed by atoms with van der Waals surface area (Å²) in [6.45, 7) is 0. The summed E-state index contributed by atoms with van der Waals surface area (Å²) in [7, 11) is 2.06. The van der Waals surface area contributed by atoms with E-state index in [1.165, 1.54) is 0 Å². The first kappa shape index (κ1) is 7.65. The van der Waals surface area contributed by atoms with E-state index in [2.05, 4.69) is 12.6 Å². The molecule has 0 amide bonds. The highest BCUT2D eigenvalue weighted by Gasteiger charge is 1.84. The Bertz CT molecular complexity index is 67.3. The van der Waals surface area contributed by atoms with Gasteiger partial charge in [0.2, 0.25) is 0 Å². The van der Waals surface area contributed by atoms with Gasteiger partial charge >= 0.3 is 0 Å². The van der Waals surface area contributed by atoms with Gasteiger partial charge in [0.05, 0.1) is 0 Å². The summed E-state index contributed by atoms with van der Waals surface area (Å²) in [4.78, 5) is 0. The summed E-state index contributed by atoms with van der Waals surface area (Å²) < 4.78 is 2.01. The Kier molecular flexibility index (Phi) is 5.25. The van der Waals surface area contributed by atoms with Crippen LogP contribution in [0.4, 0.5) is 0 Å². The van der Waals surface area contributed by atoms with Crippen LogP contribution in [0.25, 0.3) is 0 Å². The van der Waals surface area contributed by atoms with Crippen LogP contribution in [0.5, 0.6) is 0 Å². The maximum absolute atomic E-state index is 3.66. The van der Waals surface area contributed by atoms with E-state index in [4.69, 9.17) is 0 Å². The maximum Gasteiger partial charge on any atom is -0.00221 e. The lowest BCUT2D eigenvalue weighted by molar-refractivity contribution is 1.30. The van der Waals surface area contributed by atoms with Gasteiger partial charge in [0.25, 0.3) is 0 Å². The lowest BCUT2D eigenvalue weighted by Gasteiger charge is -2.00. The van der Waals surface area contributed by atoms with E-state index in [1.54, 1.807) is 11.9 Å². The van der Waals surface area contributed by atoms with E-state index in [0.717, 1.165) is 16.7 Å². The van der Waals surface area contributed by atoms with E-state index in [1.807, 2.05) is 10.1 Å². The zero-order valence-electron chi connectivity index (χ0n) is 4.16. The molecule has 0 aromatic rings. The van der Waals surface area contributed by atoms with Crippen LogP contribution < -0.4 is 0 Å². The third-order valence-corrected chi connectivity index (χ3v) is 3.65. The van der Waals surface area contributed by atoms with Crippen LogP contribution in [-0.4, -0.2) is 22.7 Å². The molecule has 0 unspecified atom stereocenters. The van der Waals surface area contributed by atoms with Gasteiger partial charge in [-0.2, -0.15) is 3.85 Å². The van der Waals surface area contributed by atoms with Crippen LogP contribution in [0.2, 0.25) is 0 Å². The topological polar surface area (TPSA) is 3.24 Å². The Morgan fingerprint density at radius 2 is 1.86 bits per heavy atom. The quantitative estimate of drug-likeness (QED) is 0.449. The standard InChI is InChI=1S/C3H7NP2S/c1-5-4(6-2)7-3/h1-2H2,3H3. The molecule has 0 aliphatic heterocycles. The molecule has 0 aliphatic carbocycles. The average Bonchev–Trinajstić information content (AvgIpc) is 1.72. The fourth-order valence-corrected chi connectivity index (χ4v) is 1.44. The van der Waals surface area contributed by atoms with Crippen LogP contribution in [0.1, 0.15) is 0 Å². The lowest BCUT2D eigenvalue weighted by atomic mass is 12.0. The van der Waals surface area contributed by atoms with Crippen molar-refractivity contribution in [3.05, 3.63) is 0 Å². The summed E-state index contributed by atoms with van der Waals surface area (Å²) in [5.41, 5.74) is 0. The zero-order valence-corrected chi connectivity index (χ0v) is 6.77. The van der Waals surface area contributed by atoms with Crippen molar-refractivity contribution in [3.63, 3.8) is 0 Å². The highest BCUT2D eigenvalue weighted by atomic mass is 32.2. The first-order chi connectivity index (χ1) is 3.35. The minimum Gasteiger partial charge on any atom is -0.153 e. The van der Waals surface area contributed by atoms with Crippen molar-refractivity contribution < 1.29 is 0 Å². The van der Waals surface area contributed by atoms with E-state index >= 15 is 0 Å². The fraction of sp³-hybridized carbons (Fsp3) is 0.333. The molecule has 0 aromatic heterocycles. The van der Waals surface area contributed by atoms with Crippen molar-refractivity contribution in [3.8, 4) is 0 Å². The highest BCUT2D eigenvalue weighted by molar-refractivity contribution is 8.03. The van der Waals surface area contributed by atoms with Crippen LogP contribution in [0, 0.1) is 0 Å². The zero-order chi connectivity index (χ0) is 5.70. The predicted octanol–water partition coefficient (Wildman–Crippen LogP) is 2.15. The minimum absolute atomic E-state index is 1.03. The number of hydrogen-bond donors (Lipinski definition) is 0. The van der Waals surface area contributed by atoms with Gasteiger partial charge in [0.1, 0.15) is 0 Å². The van der Waals surface area contributed by atoms with Crippen molar-refractivity contribution in [2.24, 2.45) is 0 Å². The Balaban J connectivity index is 3.36. The Morgan fingerprint density at radius 1 is 1.43 bits per heavy atom. The molecule has 0 saturated carbocycles. The third-order valence-electron chi connectivity index (χ3n) is 0.405. The van der Waals surface area contributed by atoms with Gasteiger partial charge in [-0.05, 0) is 23.0 Å². The first-order valence-corrected chi connectivity index (χ1v) is 4.87. The molecule has 0 N–H and O–H groups in total. The molecule has 0 spiro atoms. The second-order valence-electron chi connectivity index (χ2n) is 0.718. The Hall–Kier alpha value is 0.650. The van der Waals surface area contributed by atoms with Crippen molar-refractivity contribution in [1.29, 1.82) is 0 Å². The van der Waals surface area contributed by atoms with Crippen molar-refractivity contribution in [2.45, 2.75) is 0 Å². The summed E-state index contributed by atoms with van der Waals surface area (Å²) in [5.74, 6) is 0. The van der Waals surface area contributed by atoms with Gasteiger partial charge in [-0.1, -0.05) is 24.5 Å². The van der Waals surface area contributed by atoms with Gasteiger partial charge in [-0.15, -0.1) is 0 Å². The molecule has 40 valence electrons. The van der Waals surface area contributed by atoms with Gasteiger partial charge in [-0.25, -0.2) is 0 Å².